The summed E-state index contributed by atoms with van der Waals surface area (Å²) in [5.41, 5.74) is 1.43. The van der Waals surface area contributed by atoms with Crippen LogP contribution < -0.4 is 10.2 Å². The van der Waals surface area contributed by atoms with Gasteiger partial charge in [0.05, 0.1) is 26.2 Å². The van der Waals surface area contributed by atoms with Gasteiger partial charge in [-0.25, -0.2) is 0 Å². The number of quaternary nitrogens is 1. The molecule has 0 unspecified atom stereocenters. The summed E-state index contributed by atoms with van der Waals surface area (Å²) in [7, 11) is 0. The third kappa shape index (κ3) is 3.68. The highest BCUT2D eigenvalue weighted by atomic mass is 32.1. The summed E-state index contributed by atoms with van der Waals surface area (Å²) in [5, 5.41) is 4.14. The largest absolute Gasteiger partial charge is 0.363 e. The number of thiocarbonyl (C=S) groups is 1. The number of hydrogen-bond acceptors (Lipinski definition) is 1. The first-order valence-electron chi connectivity index (χ1n) is 6.70. The molecule has 1 saturated heterocycles. The lowest BCUT2D eigenvalue weighted by Crippen LogP contribution is -3.13. The summed E-state index contributed by atoms with van der Waals surface area (Å²) in [6, 6.07) is 10.7. The third-order valence-corrected chi connectivity index (χ3v) is 3.79. The molecule has 0 atom stereocenters. The highest BCUT2D eigenvalue weighted by Crippen LogP contribution is 1.97. The smallest absolute Gasteiger partial charge is 0.169 e. The van der Waals surface area contributed by atoms with Crippen molar-refractivity contribution in [1.29, 1.82) is 0 Å². The first-order valence-corrected chi connectivity index (χ1v) is 7.10. The van der Waals surface area contributed by atoms with Crippen LogP contribution in [0.25, 0.3) is 0 Å². The molecule has 1 aromatic carbocycles. The van der Waals surface area contributed by atoms with E-state index in [0.717, 1.165) is 31.3 Å². The van der Waals surface area contributed by atoms with Crippen LogP contribution in [0.5, 0.6) is 0 Å². The molecule has 0 bridgehead atoms. The van der Waals surface area contributed by atoms with Gasteiger partial charge in [0.1, 0.15) is 6.54 Å². The summed E-state index contributed by atoms with van der Waals surface area (Å²) >= 11 is 5.35. The van der Waals surface area contributed by atoms with E-state index in [9.17, 15) is 0 Å². The van der Waals surface area contributed by atoms with E-state index >= 15 is 0 Å². The lowest BCUT2D eigenvalue weighted by atomic mass is 10.2. The Labute approximate surface area is 115 Å². The van der Waals surface area contributed by atoms with E-state index in [1.165, 1.54) is 18.7 Å². The molecule has 98 valence electrons. The number of hydrogen-bond donors (Lipinski definition) is 2. The van der Waals surface area contributed by atoms with Gasteiger partial charge in [-0.05, 0) is 19.1 Å². The van der Waals surface area contributed by atoms with E-state index in [-0.39, 0.29) is 0 Å². The molecule has 1 aliphatic heterocycles. The Kier molecular flexibility index (Phi) is 4.96. The zero-order valence-electron chi connectivity index (χ0n) is 11.0. The summed E-state index contributed by atoms with van der Waals surface area (Å²) in [5.74, 6) is 0. The van der Waals surface area contributed by atoms with Crippen molar-refractivity contribution < 1.29 is 4.90 Å². The minimum atomic E-state index is 0.913. The van der Waals surface area contributed by atoms with Crippen LogP contribution in [0.3, 0.4) is 0 Å². The Balaban J connectivity index is 1.78. The van der Waals surface area contributed by atoms with Crippen molar-refractivity contribution in [3.05, 3.63) is 35.9 Å². The maximum absolute atomic E-state index is 5.35. The lowest BCUT2D eigenvalue weighted by molar-refractivity contribution is -0.917. The zero-order chi connectivity index (χ0) is 12.8. The topological polar surface area (TPSA) is 19.7 Å². The first-order chi connectivity index (χ1) is 8.79. The average molecular weight is 264 g/mol. The van der Waals surface area contributed by atoms with Gasteiger partial charge in [0.2, 0.25) is 0 Å². The summed E-state index contributed by atoms with van der Waals surface area (Å²) in [6.07, 6.45) is 0. The fourth-order valence-corrected chi connectivity index (χ4v) is 2.68. The fraction of sp³-hybridized carbons (Fsp3) is 0.500. The summed E-state index contributed by atoms with van der Waals surface area (Å²) in [4.78, 5) is 3.93. The van der Waals surface area contributed by atoms with Crippen LogP contribution in [-0.2, 0) is 6.54 Å². The van der Waals surface area contributed by atoms with Gasteiger partial charge in [-0.2, -0.15) is 0 Å². The quantitative estimate of drug-likeness (QED) is 0.765. The third-order valence-electron chi connectivity index (χ3n) is 3.38. The second-order valence-electron chi connectivity index (χ2n) is 4.73. The molecule has 0 aliphatic carbocycles. The number of nitrogens with zero attached hydrogens (tertiary/aromatic N) is 1. The van der Waals surface area contributed by atoms with E-state index in [1.54, 1.807) is 4.90 Å². The predicted octanol–water partition coefficient (Wildman–Crippen LogP) is 0.282. The van der Waals surface area contributed by atoms with Crippen molar-refractivity contribution in [3.63, 3.8) is 0 Å². The van der Waals surface area contributed by atoms with Crippen LogP contribution in [0.1, 0.15) is 12.5 Å². The monoisotopic (exact) mass is 264 g/mol. The zero-order valence-corrected chi connectivity index (χ0v) is 11.8. The van der Waals surface area contributed by atoms with Gasteiger partial charge in [-0.1, -0.05) is 30.3 Å². The second-order valence-corrected chi connectivity index (χ2v) is 5.12. The molecule has 0 spiro atoms. The van der Waals surface area contributed by atoms with Crippen LogP contribution in [-0.4, -0.2) is 42.7 Å². The normalized spacial score (nSPS) is 16.6. The molecule has 2 N–H and O–H groups in total. The molecule has 4 heteroatoms. The standard InChI is InChI=1S/C14H21N3S/c1-2-15-14(18)17-10-8-16(9-11-17)12-13-6-4-3-5-7-13/h3-7H,2,8-12H2,1H3,(H,15,18)/p+1. The molecule has 0 amide bonds. The van der Waals surface area contributed by atoms with Crippen molar-refractivity contribution in [2.45, 2.75) is 13.5 Å². The van der Waals surface area contributed by atoms with E-state index in [1.807, 2.05) is 0 Å². The number of nitrogens with one attached hydrogen (secondary N) is 2. The van der Waals surface area contributed by atoms with Gasteiger partial charge in [0.25, 0.3) is 0 Å². The maximum atomic E-state index is 5.35. The molecule has 3 nitrogen and oxygen atoms in total. The molecule has 1 heterocycles. The van der Waals surface area contributed by atoms with Gasteiger partial charge in [0.15, 0.2) is 5.11 Å². The molecule has 18 heavy (non-hydrogen) atoms. The van der Waals surface area contributed by atoms with Crippen LogP contribution in [0.2, 0.25) is 0 Å². The fourth-order valence-electron chi connectivity index (χ4n) is 2.35. The maximum Gasteiger partial charge on any atom is 0.169 e. The summed E-state index contributed by atoms with van der Waals surface area (Å²) in [6.45, 7) is 8.59. The van der Waals surface area contributed by atoms with E-state index in [0.29, 0.717) is 0 Å². The van der Waals surface area contributed by atoms with Gasteiger partial charge < -0.3 is 15.1 Å². The molecule has 1 aromatic rings. The summed E-state index contributed by atoms with van der Waals surface area (Å²) < 4.78 is 0. The lowest BCUT2D eigenvalue weighted by Gasteiger charge is -2.33. The second kappa shape index (κ2) is 6.71. The minimum absolute atomic E-state index is 0.913. The Hall–Kier alpha value is -1.13. The van der Waals surface area contributed by atoms with Crippen LogP contribution in [0, 0.1) is 0 Å². The van der Waals surface area contributed by atoms with E-state index in [2.05, 4.69) is 47.5 Å². The van der Waals surface area contributed by atoms with Crippen LogP contribution >= 0.6 is 12.2 Å². The van der Waals surface area contributed by atoms with Crippen molar-refractivity contribution in [1.82, 2.24) is 10.2 Å². The average Bonchev–Trinajstić information content (AvgIpc) is 2.41. The number of rotatable bonds is 3. The SMILES string of the molecule is CCNC(=S)N1CC[NH+](Cc2ccccc2)CC1. The van der Waals surface area contributed by atoms with Crippen molar-refractivity contribution in [2.75, 3.05) is 32.7 Å². The van der Waals surface area contributed by atoms with Crippen molar-refractivity contribution in [2.24, 2.45) is 0 Å². The Bertz CT molecular complexity index is 372. The number of piperazine rings is 1. The molecule has 1 aliphatic rings. The highest BCUT2D eigenvalue weighted by molar-refractivity contribution is 7.80. The van der Waals surface area contributed by atoms with Crippen LogP contribution in [0.15, 0.2) is 30.3 Å². The molecular formula is C14H22N3S+. The Morgan fingerprint density at radius 2 is 1.94 bits per heavy atom. The minimum Gasteiger partial charge on any atom is -0.363 e. The molecular weight excluding hydrogens is 242 g/mol. The highest BCUT2D eigenvalue weighted by Gasteiger charge is 2.21. The Morgan fingerprint density at radius 3 is 2.56 bits per heavy atom. The molecule has 2 rings (SSSR count). The molecule has 0 saturated carbocycles. The molecule has 1 fully saturated rings. The van der Waals surface area contributed by atoms with Crippen LogP contribution in [0.4, 0.5) is 0 Å². The van der Waals surface area contributed by atoms with Gasteiger partial charge in [-0.15, -0.1) is 0 Å². The van der Waals surface area contributed by atoms with Gasteiger partial charge in [0, 0.05) is 12.1 Å². The Morgan fingerprint density at radius 1 is 1.28 bits per heavy atom. The predicted molar refractivity (Wildman–Crippen MR) is 78.7 cm³/mol. The first kappa shape index (κ1) is 13.3. The van der Waals surface area contributed by atoms with Crippen molar-refractivity contribution in [3.8, 4) is 0 Å². The van der Waals surface area contributed by atoms with Gasteiger partial charge >= 0.3 is 0 Å². The van der Waals surface area contributed by atoms with Gasteiger partial charge in [-0.3, -0.25) is 0 Å². The van der Waals surface area contributed by atoms with Crippen molar-refractivity contribution >= 4 is 17.3 Å². The van der Waals surface area contributed by atoms with E-state index in [4.69, 9.17) is 12.2 Å². The molecule has 0 aromatic heterocycles. The number of benzene rings is 1. The molecule has 0 radical (unpaired) electrons. The van der Waals surface area contributed by atoms with E-state index < -0.39 is 0 Å².